The molecular weight excluding hydrogens is 314 g/mol. The van der Waals surface area contributed by atoms with Crippen LogP contribution in [0.15, 0.2) is 17.5 Å². The molecule has 1 aromatic heterocycles. The molecule has 0 bridgehead atoms. The average molecular weight is 337 g/mol. The van der Waals surface area contributed by atoms with Crippen molar-refractivity contribution in [1.82, 2.24) is 15.5 Å². The lowest BCUT2D eigenvalue weighted by Gasteiger charge is -2.37. The van der Waals surface area contributed by atoms with Crippen molar-refractivity contribution in [1.29, 1.82) is 0 Å². The van der Waals surface area contributed by atoms with Gasteiger partial charge in [-0.1, -0.05) is 19.4 Å². The van der Waals surface area contributed by atoms with E-state index in [0.717, 1.165) is 12.8 Å². The van der Waals surface area contributed by atoms with Crippen LogP contribution in [0.3, 0.4) is 0 Å². The minimum Gasteiger partial charge on any atom is -0.441 e. The van der Waals surface area contributed by atoms with Crippen LogP contribution in [0, 0.1) is 0 Å². The van der Waals surface area contributed by atoms with E-state index in [4.69, 9.17) is 4.74 Å². The maximum atomic E-state index is 12.5. The van der Waals surface area contributed by atoms with Crippen LogP contribution in [0.1, 0.15) is 43.5 Å². The average Bonchev–Trinajstić information content (AvgIpc) is 3.18. The number of carbonyl (C=O) groups is 2. The summed E-state index contributed by atoms with van der Waals surface area (Å²) >= 11 is 1.68. The number of likely N-dealkylation sites (tertiary alicyclic amines) is 1. The van der Waals surface area contributed by atoms with Gasteiger partial charge in [0.15, 0.2) is 0 Å². The molecule has 2 fully saturated rings. The van der Waals surface area contributed by atoms with Gasteiger partial charge < -0.3 is 20.3 Å². The van der Waals surface area contributed by atoms with Gasteiger partial charge in [0, 0.05) is 30.8 Å². The van der Waals surface area contributed by atoms with Gasteiger partial charge in [-0.15, -0.1) is 11.3 Å². The van der Waals surface area contributed by atoms with Gasteiger partial charge in [-0.05, 0) is 17.9 Å². The van der Waals surface area contributed by atoms with Crippen LogP contribution in [0.25, 0.3) is 0 Å². The Bertz CT molecular complexity index is 553. The molecule has 126 valence electrons. The SMILES string of the molecule is CCC[C@H](NC(=O)N1CCC2(CC1)CNC(=O)O2)c1cccs1. The van der Waals surface area contributed by atoms with E-state index in [2.05, 4.69) is 23.6 Å². The highest BCUT2D eigenvalue weighted by Crippen LogP contribution is 2.30. The fraction of sp³-hybridized carbons (Fsp3) is 0.625. The predicted molar refractivity (Wildman–Crippen MR) is 88.5 cm³/mol. The van der Waals surface area contributed by atoms with Gasteiger partial charge in [0.05, 0.1) is 12.6 Å². The van der Waals surface area contributed by atoms with Crippen LogP contribution >= 0.6 is 11.3 Å². The zero-order chi connectivity index (χ0) is 16.3. The van der Waals surface area contributed by atoms with E-state index in [1.807, 2.05) is 16.3 Å². The summed E-state index contributed by atoms with van der Waals surface area (Å²) in [4.78, 5) is 26.8. The second-order valence-corrected chi connectivity index (χ2v) is 7.20. The molecule has 2 N–H and O–H groups in total. The Morgan fingerprint density at radius 1 is 1.52 bits per heavy atom. The molecule has 0 aromatic carbocycles. The summed E-state index contributed by atoms with van der Waals surface area (Å²) in [5.41, 5.74) is -0.412. The first kappa shape index (κ1) is 16.1. The van der Waals surface area contributed by atoms with Gasteiger partial charge in [0.1, 0.15) is 5.60 Å². The highest BCUT2D eigenvalue weighted by Gasteiger charge is 2.43. The minimum absolute atomic E-state index is 0.0241. The molecule has 0 unspecified atom stereocenters. The maximum absolute atomic E-state index is 12.5. The van der Waals surface area contributed by atoms with Crippen LogP contribution in [-0.2, 0) is 4.74 Å². The van der Waals surface area contributed by atoms with Gasteiger partial charge in [0.2, 0.25) is 0 Å². The first-order valence-corrected chi connectivity index (χ1v) is 9.05. The molecule has 23 heavy (non-hydrogen) atoms. The largest absolute Gasteiger partial charge is 0.441 e. The number of nitrogens with zero attached hydrogens (tertiary/aromatic N) is 1. The first-order valence-electron chi connectivity index (χ1n) is 8.17. The molecule has 6 nitrogen and oxygen atoms in total. The molecule has 3 amide bonds. The number of thiophene rings is 1. The molecule has 1 atom stereocenters. The number of hydrogen-bond donors (Lipinski definition) is 2. The third kappa shape index (κ3) is 3.60. The Morgan fingerprint density at radius 3 is 2.87 bits per heavy atom. The molecule has 2 aliphatic rings. The van der Waals surface area contributed by atoms with Gasteiger partial charge >= 0.3 is 12.1 Å². The van der Waals surface area contributed by atoms with Crippen molar-refractivity contribution in [3.63, 3.8) is 0 Å². The molecule has 3 rings (SSSR count). The van der Waals surface area contributed by atoms with E-state index in [-0.39, 0.29) is 18.2 Å². The zero-order valence-corrected chi connectivity index (χ0v) is 14.2. The van der Waals surface area contributed by atoms with Crippen molar-refractivity contribution in [2.24, 2.45) is 0 Å². The van der Waals surface area contributed by atoms with Crippen molar-refractivity contribution >= 4 is 23.5 Å². The molecular formula is C16H23N3O3S. The maximum Gasteiger partial charge on any atom is 0.407 e. The standard InChI is InChI=1S/C16H23N3O3S/c1-2-4-12(13-5-3-10-23-13)18-14(20)19-8-6-16(7-9-19)11-17-15(21)22-16/h3,5,10,12H,2,4,6-9,11H2,1H3,(H,17,21)(H,18,20)/t12-/m0/s1. The van der Waals surface area contributed by atoms with Gasteiger partial charge in [-0.25, -0.2) is 9.59 Å². The summed E-state index contributed by atoms with van der Waals surface area (Å²) in [6.45, 7) is 3.90. The second kappa shape index (κ2) is 6.78. The third-order valence-electron chi connectivity index (χ3n) is 4.59. The highest BCUT2D eigenvalue weighted by molar-refractivity contribution is 7.10. The van der Waals surface area contributed by atoms with Crippen molar-refractivity contribution in [2.75, 3.05) is 19.6 Å². The Morgan fingerprint density at radius 2 is 2.30 bits per heavy atom. The van der Waals surface area contributed by atoms with E-state index in [9.17, 15) is 9.59 Å². The van der Waals surface area contributed by atoms with Crippen molar-refractivity contribution in [3.8, 4) is 0 Å². The fourth-order valence-electron chi connectivity index (χ4n) is 3.20. The van der Waals surface area contributed by atoms with Crippen LogP contribution in [0.2, 0.25) is 0 Å². The lowest BCUT2D eigenvalue weighted by atomic mass is 9.92. The quantitative estimate of drug-likeness (QED) is 0.887. The number of hydrogen-bond acceptors (Lipinski definition) is 4. The number of nitrogens with one attached hydrogen (secondary N) is 2. The van der Waals surface area contributed by atoms with Crippen LogP contribution in [0.4, 0.5) is 9.59 Å². The van der Waals surface area contributed by atoms with Crippen LogP contribution in [0.5, 0.6) is 0 Å². The van der Waals surface area contributed by atoms with Gasteiger partial charge in [0.25, 0.3) is 0 Å². The van der Waals surface area contributed by atoms with Crippen molar-refractivity contribution < 1.29 is 14.3 Å². The smallest absolute Gasteiger partial charge is 0.407 e. The number of piperidine rings is 1. The third-order valence-corrected chi connectivity index (χ3v) is 5.57. The fourth-order valence-corrected chi connectivity index (χ4v) is 4.01. The Labute approximate surface area is 140 Å². The summed E-state index contributed by atoms with van der Waals surface area (Å²) in [7, 11) is 0. The topological polar surface area (TPSA) is 70.7 Å². The molecule has 0 aliphatic carbocycles. The summed E-state index contributed by atoms with van der Waals surface area (Å²) in [6.07, 6.45) is 3.00. The minimum atomic E-state index is -0.412. The van der Waals surface area contributed by atoms with E-state index < -0.39 is 5.60 Å². The molecule has 0 radical (unpaired) electrons. The lowest BCUT2D eigenvalue weighted by Crippen LogP contribution is -2.51. The zero-order valence-electron chi connectivity index (χ0n) is 13.3. The monoisotopic (exact) mass is 337 g/mol. The first-order chi connectivity index (χ1) is 11.1. The molecule has 3 heterocycles. The Hall–Kier alpha value is -1.76. The van der Waals surface area contributed by atoms with Crippen LogP contribution in [-0.4, -0.2) is 42.3 Å². The van der Waals surface area contributed by atoms with E-state index in [1.165, 1.54) is 4.88 Å². The van der Waals surface area contributed by atoms with E-state index in [0.29, 0.717) is 32.5 Å². The Kier molecular flexibility index (Phi) is 4.75. The number of ether oxygens (including phenoxy) is 1. The number of urea groups is 1. The summed E-state index contributed by atoms with van der Waals surface area (Å²) in [5, 5.41) is 7.90. The van der Waals surface area contributed by atoms with Crippen molar-refractivity contribution in [2.45, 2.75) is 44.2 Å². The summed E-state index contributed by atoms with van der Waals surface area (Å²) in [5.74, 6) is 0. The molecule has 1 spiro atoms. The molecule has 7 heteroatoms. The van der Waals surface area contributed by atoms with E-state index >= 15 is 0 Å². The normalized spacial score (nSPS) is 20.9. The second-order valence-electron chi connectivity index (χ2n) is 6.22. The van der Waals surface area contributed by atoms with Gasteiger partial charge in [-0.3, -0.25) is 0 Å². The van der Waals surface area contributed by atoms with E-state index in [1.54, 1.807) is 11.3 Å². The lowest BCUT2D eigenvalue weighted by molar-refractivity contribution is 0.00952. The summed E-state index contributed by atoms with van der Waals surface area (Å²) < 4.78 is 5.39. The molecule has 0 saturated carbocycles. The molecule has 2 saturated heterocycles. The van der Waals surface area contributed by atoms with Gasteiger partial charge in [-0.2, -0.15) is 0 Å². The molecule has 2 aliphatic heterocycles. The number of alkyl carbamates (subject to hydrolysis) is 1. The molecule has 1 aromatic rings. The number of carbonyl (C=O) groups excluding carboxylic acids is 2. The Balaban J connectivity index is 1.55. The number of rotatable bonds is 4. The summed E-state index contributed by atoms with van der Waals surface area (Å²) in [6, 6.07) is 4.14. The number of amides is 3. The van der Waals surface area contributed by atoms with Crippen molar-refractivity contribution in [3.05, 3.63) is 22.4 Å². The highest BCUT2D eigenvalue weighted by atomic mass is 32.1. The van der Waals surface area contributed by atoms with Crippen LogP contribution < -0.4 is 10.6 Å². The predicted octanol–water partition coefficient (Wildman–Crippen LogP) is 2.87.